The van der Waals surface area contributed by atoms with Gasteiger partial charge in [0.05, 0.1) is 15.1 Å². The molecule has 1 heterocycles. The van der Waals surface area contributed by atoms with E-state index in [1.807, 2.05) is 6.92 Å². The Morgan fingerprint density at radius 1 is 1.10 bits per heavy atom. The molecule has 0 aliphatic carbocycles. The summed E-state index contributed by atoms with van der Waals surface area (Å²) in [5, 5.41) is 0. The fourth-order valence-electron chi connectivity index (χ4n) is 1.85. The number of rotatable bonds is 2. The highest BCUT2D eigenvalue weighted by atomic mass is 32.2. The van der Waals surface area contributed by atoms with Crippen molar-refractivity contribution < 1.29 is 8.42 Å². The normalized spacial score (nSPS) is 11.8. The minimum absolute atomic E-state index is 0.0990. The maximum Gasteiger partial charge on any atom is 0.233 e. The molecule has 102 valence electrons. The number of anilines is 1. The lowest BCUT2D eigenvalue weighted by Gasteiger charge is -2.00. The molecular weight excluding hydrogens is 292 g/mol. The molecule has 3 rings (SSSR count). The molecule has 0 aliphatic heterocycles. The maximum atomic E-state index is 12.5. The molecule has 4 nitrogen and oxygen atoms in total. The second kappa shape index (κ2) is 4.57. The number of benzene rings is 2. The van der Waals surface area contributed by atoms with Gasteiger partial charge in [-0.3, -0.25) is 0 Å². The minimum Gasteiger partial charge on any atom is -0.399 e. The van der Waals surface area contributed by atoms with Crippen LogP contribution < -0.4 is 5.73 Å². The Kier molecular flexibility index (Phi) is 2.99. The van der Waals surface area contributed by atoms with Gasteiger partial charge in [-0.15, -0.1) is 11.3 Å². The lowest BCUT2D eigenvalue weighted by atomic mass is 10.2. The van der Waals surface area contributed by atoms with Crippen LogP contribution in [0.15, 0.2) is 51.7 Å². The number of aryl methyl sites for hydroxylation is 1. The Balaban J connectivity index is 2.15. The van der Waals surface area contributed by atoms with E-state index in [4.69, 9.17) is 5.73 Å². The summed E-state index contributed by atoms with van der Waals surface area (Å²) in [5.74, 6) is 0. The second-order valence-corrected chi connectivity index (χ2v) is 7.68. The van der Waals surface area contributed by atoms with Crippen LogP contribution in [0, 0.1) is 6.92 Å². The molecule has 0 amide bonds. The Morgan fingerprint density at radius 2 is 1.80 bits per heavy atom. The molecule has 0 spiro atoms. The zero-order valence-electron chi connectivity index (χ0n) is 10.7. The molecule has 0 fully saturated rings. The Hall–Kier alpha value is -1.92. The standard InChI is InChI=1S/C14H12N2O2S2/c1-9-2-5-11(6-3-9)20(17,18)14-16-12-7-4-10(15)8-13(12)19-14/h2-8H,15H2,1H3. The summed E-state index contributed by atoms with van der Waals surface area (Å²) >= 11 is 1.14. The molecule has 0 saturated heterocycles. The van der Waals surface area contributed by atoms with Crippen LogP contribution in [0.4, 0.5) is 5.69 Å². The van der Waals surface area contributed by atoms with Crippen LogP contribution in [0.2, 0.25) is 0 Å². The van der Waals surface area contributed by atoms with Crippen molar-refractivity contribution in [2.45, 2.75) is 16.2 Å². The molecule has 0 aliphatic rings. The summed E-state index contributed by atoms with van der Waals surface area (Å²) in [4.78, 5) is 4.46. The highest BCUT2D eigenvalue weighted by Gasteiger charge is 2.22. The van der Waals surface area contributed by atoms with E-state index >= 15 is 0 Å². The number of hydrogen-bond donors (Lipinski definition) is 1. The summed E-state index contributed by atoms with van der Waals surface area (Å²) in [6.07, 6.45) is 0. The Labute approximate surface area is 120 Å². The third-order valence-electron chi connectivity index (χ3n) is 2.95. The predicted molar refractivity (Wildman–Crippen MR) is 80.7 cm³/mol. The average molecular weight is 304 g/mol. The van der Waals surface area contributed by atoms with Crippen molar-refractivity contribution in [1.82, 2.24) is 4.98 Å². The topological polar surface area (TPSA) is 73.0 Å². The van der Waals surface area contributed by atoms with Gasteiger partial charge in [0.2, 0.25) is 14.2 Å². The first-order chi connectivity index (χ1) is 9.46. The number of thiazole rings is 1. The molecule has 0 radical (unpaired) electrons. The summed E-state index contributed by atoms with van der Waals surface area (Å²) in [7, 11) is -3.56. The van der Waals surface area contributed by atoms with Gasteiger partial charge in [0.1, 0.15) is 0 Å². The first-order valence-corrected chi connectivity index (χ1v) is 8.24. The van der Waals surface area contributed by atoms with Gasteiger partial charge in [-0.2, -0.15) is 0 Å². The van der Waals surface area contributed by atoms with Crippen molar-refractivity contribution in [3.63, 3.8) is 0 Å². The molecule has 0 bridgehead atoms. The largest absolute Gasteiger partial charge is 0.399 e. The highest BCUT2D eigenvalue weighted by molar-refractivity contribution is 7.93. The molecule has 2 aromatic carbocycles. The summed E-state index contributed by atoms with van der Waals surface area (Å²) < 4.78 is 25.9. The third-order valence-corrected chi connectivity index (χ3v) is 6.12. The molecular formula is C14H12N2O2S2. The number of sulfone groups is 1. The van der Waals surface area contributed by atoms with Crippen LogP contribution in [-0.4, -0.2) is 13.4 Å². The van der Waals surface area contributed by atoms with Crippen LogP contribution in [0.3, 0.4) is 0 Å². The number of nitrogens with two attached hydrogens (primary N) is 1. The van der Waals surface area contributed by atoms with E-state index < -0.39 is 9.84 Å². The molecule has 0 unspecified atom stereocenters. The lowest BCUT2D eigenvalue weighted by molar-refractivity contribution is 0.595. The first-order valence-electron chi connectivity index (χ1n) is 5.95. The number of hydrogen-bond acceptors (Lipinski definition) is 5. The van der Waals surface area contributed by atoms with Crippen molar-refractivity contribution in [2.75, 3.05) is 5.73 Å². The number of fused-ring (bicyclic) bond motifs is 1. The van der Waals surface area contributed by atoms with E-state index in [9.17, 15) is 8.42 Å². The fraction of sp³-hybridized carbons (Fsp3) is 0.0714. The molecule has 3 aromatic rings. The van der Waals surface area contributed by atoms with Crippen LogP contribution in [0.25, 0.3) is 10.2 Å². The number of nitrogen functional groups attached to an aromatic ring is 1. The van der Waals surface area contributed by atoms with E-state index in [2.05, 4.69) is 4.98 Å². The summed E-state index contributed by atoms with van der Waals surface area (Å²) in [6.45, 7) is 1.91. The SMILES string of the molecule is Cc1ccc(S(=O)(=O)c2nc3ccc(N)cc3s2)cc1. The second-order valence-electron chi connectivity index (χ2n) is 4.52. The van der Waals surface area contributed by atoms with Gasteiger partial charge in [0, 0.05) is 5.69 Å². The molecule has 2 N–H and O–H groups in total. The fourth-order valence-corrected chi connectivity index (χ4v) is 4.51. The van der Waals surface area contributed by atoms with Gasteiger partial charge < -0.3 is 5.73 Å². The zero-order valence-corrected chi connectivity index (χ0v) is 12.3. The lowest BCUT2D eigenvalue weighted by Crippen LogP contribution is -2.01. The molecule has 0 saturated carbocycles. The van der Waals surface area contributed by atoms with E-state index in [0.29, 0.717) is 11.2 Å². The van der Waals surface area contributed by atoms with Gasteiger partial charge >= 0.3 is 0 Å². The monoisotopic (exact) mass is 304 g/mol. The maximum absolute atomic E-state index is 12.5. The van der Waals surface area contributed by atoms with Gasteiger partial charge in [-0.05, 0) is 37.3 Å². The highest BCUT2D eigenvalue weighted by Crippen LogP contribution is 2.30. The molecule has 6 heteroatoms. The molecule has 1 aromatic heterocycles. The minimum atomic E-state index is -3.56. The van der Waals surface area contributed by atoms with Crippen LogP contribution in [0.5, 0.6) is 0 Å². The summed E-state index contributed by atoms with van der Waals surface area (Å²) in [5.41, 5.74) is 7.96. The van der Waals surface area contributed by atoms with Gasteiger partial charge in [-0.25, -0.2) is 13.4 Å². The third kappa shape index (κ3) is 2.17. The van der Waals surface area contributed by atoms with Crippen LogP contribution >= 0.6 is 11.3 Å². The Bertz CT molecular complexity index is 881. The van der Waals surface area contributed by atoms with E-state index in [1.54, 1.807) is 42.5 Å². The number of aromatic nitrogens is 1. The van der Waals surface area contributed by atoms with Gasteiger partial charge in [0.15, 0.2) is 0 Å². The molecule has 20 heavy (non-hydrogen) atoms. The van der Waals surface area contributed by atoms with Crippen molar-refractivity contribution in [3.8, 4) is 0 Å². The van der Waals surface area contributed by atoms with Crippen molar-refractivity contribution in [3.05, 3.63) is 48.0 Å². The smallest absolute Gasteiger partial charge is 0.233 e. The summed E-state index contributed by atoms with van der Waals surface area (Å²) in [6, 6.07) is 11.9. The van der Waals surface area contributed by atoms with Crippen molar-refractivity contribution >= 4 is 37.1 Å². The van der Waals surface area contributed by atoms with Crippen molar-refractivity contribution in [2.24, 2.45) is 0 Å². The average Bonchev–Trinajstić information content (AvgIpc) is 2.83. The van der Waals surface area contributed by atoms with E-state index in [1.165, 1.54) is 0 Å². The number of nitrogens with zero attached hydrogens (tertiary/aromatic N) is 1. The Morgan fingerprint density at radius 3 is 2.50 bits per heavy atom. The molecule has 0 atom stereocenters. The van der Waals surface area contributed by atoms with Gasteiger partial charge in [0.25, 0.3) is 0 Å². The van der Waals surface area contributed by atoms with Gasteiger partial charge in [-0.1, -0.05) is 17.7 Å². The van der Waals surface area contributed by atoms with E-state index in [0.717, 1.165) is 21.6 Å². The van der Waals surface area contributed by atoms with Crippen LogP contribution in [0.1, 0.15) is 5.56 Å². The first kappa shape index (κ1) is 13.1. The van der Waals surface area contributed by atoms with E-state index in [-0.39, 0.29) is 9.24 Å². The van der Waals surface area contributed by atoms with Crippen molar-refractivity contribution in [1.29, 1.82) is 0 Å². The quantitative estimate of drug-likeness (QED) is 0.739. The predicted octanol–water partition coefficient (Wildman–Crippen LogP) is 3.02. The van der Waals surface area contributed by atoms with Crippen LogP contribution in [-0.2, 0) is 9.84 Å². The zero-order chi connectivity index (χ0) is 14.3.